The number of nitrogens with two attached hydrogens (primary N) is 1. The topological polar surface area (TPSA) is 115 Å². The number of aliphatic hydroxyl groups excluding tert-OH is 1. The number of imidazole rings is 1. The third-order valence-corrected chi connectivity index (χ3v) is 5.73. The molecule has 8 nitrogen and oxygen atoms in total. The van der Waals surface area contributed by atoms with E-state index >= 15 is 0 Å². The standard InChI is InChI=1S/C25H27N5O3/c1-17(29-15-21(25(26)33)27-16-29)13-24(32)30-12-11-19-8-9-20(14-22(19)30)28-23(31)10-7-18-5-3-2-4-6-18/h2-6,8-9,11-12,14-17,24,32H,7,10,13H2,1H3,(H2,26,33)(H,28,31). The lowest BCUT2D eigenvalue weighted by atomic mass is 10.1. The molecule has 8 heteroatoms. The van der Waals surface area contributed by atoms with Gasteiger partial charge in [-0.1, -0.05) is 36.4 Å². The molecule has 2 aromatic heterocycles. The van der Waals surface area contributed by atoms with Crippen LogP contribution in [0.5, 0.6) is 0 Å². The average Bonchev–Trinajstić information content (AvgIpc) is 3.46. The summed E-state index contributed by atoms with van der Waals surface area (Å²) in [6, 6.07) is 17.4. The average molecular weight is 446 g/mol. The van der Waals surface area contributed by atoms with Crippen molar-refractivity contribution < 1.29 is 14.7 Å². The van der Waals surface area contributed by atoms with Crippen LogP contribution in [-0.2, 0) is 11.2 Å². The van der Waals surface area contributed by atoms with E-state index in [0.29, 0.717) is 24.9 Å². The fourth-order valence-corrected chi connectivity index (χ4v) is 3.86. The van der Waals surface area contributed by atoms with Gasteiger partial charge < -0.3 is 25.3 Å². The van der Waals surface area contributed by atoms with Gasteiger partial charge in [0, 0.05) is 37.0 Å². The third kappa shape index (κ3) is 5.30. The normalized spacial score (nSPS) is 13.0. The van der Waals surface area contributed by atoms with Crippen molar-refractivity contribution in [1.82, 2.24) is 14.1 Å². The van der Waals surface area contributed by atoms with Crippen molar-refractivity contribution in [3.63, 3.8) is 0 Å². The van der Waals surface area contributed by atoms with Crippen molar-refractivity contribution in [2.45, 2.75) is 38.5 Å². The molecule has 2 heterocycles. The maximum Gasteiger partial charge on any atom is 0.268 e. The molecule has 0 saturated carbocycles. The van der Waals surface area contributed by atoms with Crippen LogP contribution in [0.1, 0.15) is 48.1 Å². The molecule has 0 aliphatic rings. The van der Waals surface area contributed by atoms with Crippen LogP contribution in [-0.4, -0.2) is 31.0 Å². The Kier molecular flexibility index (Phi) is 6.55. The molecule has 2 unspecified atom stereocenters. The molecule has 4 N–H and O–H groups in total. The molecule has 0 fully saturated rings. The summed E-state index contributed by atoms with van der Waals surface area (Å²) in [7, 11) is 0. The Labute approximate surface area is 191 Å². The summed E-state index contributed by atoms with van der Waals surface area (Å²) < 4.78 is 3.53. The van der Waals surface area contributed by atoms with Crippen molar-refractivity contribution in [2.24, 2.45) is 5.73 Å². The van der Waals surface area contributed by atoms with Gasteiger partial charge in [-0.25, -0.2) is 4.98 Å². The highest BCUT2D eigenvalue weighted by Crippen LogP contribution is 2.27. The molecule has 4 aromatic rings. The monoisotopic (exact) mass is 445 g/mol. The first kappa shape index (κ1) is 22.3. The van der Waals surface area contributed by atoms with Gasteiger partial charge >= 0.3 is 0 Å². The second-order valence-electron chi connectivity index (χ2n) is 8.17. The summed E-state index contributed by atoms with van der Waals surface area (Å²) in [5.41, 5.74) is 8.08. The van der Waals surface area contributed by atoms with Crippen LogP contribution in [0.15, 0.2) is 73.3 Å². The summed E-state index contributed by atoms with van der Waals surface area (Å²) >= 11 is 0. The number of hydrogen-bond acceptors (Lipinski definition) is 4. The number of anilines is 1. The van der Waals surface area contributed by atoms with Crippen LogP contribution in [0, 0.1) is 0 Å². The molecular formula is C25H27N5O3. The van der Waals surface area contributed by atoms with Gasteiger partial charge in [0.05, 0.1) is 11.8 Å². The van der Waals surface area contributed by atoms with Crippen molar-refractivity contribution >= 4 is 28.4 Å². The number of amides is 2. The molecule has 0 bridgehead atoms. The second-order valence-corrected chi connectivity index (χ2v) is 8.17. The quantitative estimate of drug-likeness (QED) is 0.365. The van der Waals surface area contributed by atoms with E-state index in [2.05, 4.69) is 10.3 Å². The number of rotatable bonds is 9. The Bertz CT molecular complexity index is 1260. The van der Waals surface area contributed by atoms with E-state index < -0.39 is 12.1 Å². The number of nitrogens with one attached hydrogen (secondary N) is 1. The Morgan fingerprint density at radius 2 is 1.94 bits per heavy atom. The number of nitrogens with zero attached hydrogens (tertiary/aromatic N) is 3. The number of hydrogen-bond donors (Lipinski definition) is 3. The first-order chi connectivity index (χ1) is 15.9. The molecule has 0 saturated heterocycles. The van der Waals surface area contributed by atoms with Crippen LogP contribution in [0.2, 0.25) is 0 Å². The minimum absolute atomic E-state index is 0.0594. The first-order valence-corrected chi connectivity index (χ1v) is 10.9. The van der Waals surface area contributed by atoms with Gasteiger partial charge in [0.1, 0.15) is 11.9 Å². The lowest BCUT2D eigenvalue weighted by Crippen LogP contribution is -2.15. The lowest BCUT2D eigenvalue weighted by Gasteiger charge is -2.20. The lowest BCUT2D eigenvalue weighted by molar-refractivity contribution is -0.116. The number of carbonyl (C=O) groups excluding carboxylic acids is 2. The van der Waals surface area contributed by atoms with Crippen molar-refractivity contribution in [3.05, 3.63) is 84.6 Å². The number of primary amides is 1. The summed E-state index contributed by atoms with van der Waals surface area (Å²) in [4.78, 5) is 27.7. The van der Waals surface area contributed by atoms with Crippen LogP contribution in [0.3, 0.4) is 0 Å². The molecule has 170 valence electrons. The van der Waals surface area contributed by atoms with Crippen molar-refractivity contribution in [2.75, 3.05) is 5.32 Å². The molecule has 0 aliphatic heterocycles. The SMILES string of the molecule is CC(CC(O)n1ccc2ccc(NC(=O)CCc3ccccc3)cc21)n1cnc(C(N)=O)c1. The van der Waals surface area contributed by atoms with E-state index in [1.165, 1.54) is 6.33 Å². The van der Waals surface area contributed by atoms with Gasteiger partial charge in [0.15, 0.2) is 0 Å². The molecule has 2 amide bonds. The fraction of sp³-hybridized carbons (Fsp3) is 0.240. The Morgan fingerprint density at radius 3 is 2.67 bits per heavy atom. The van der Waals surface area contributed by atoms with Gasteiger partial charge in [0.25, 0.3) is 5.91 Å². The number of benzene rings is 2. The Balaban J connectivity index is 1.43. The second kappa shape index (κ2) is 9.70. The minimum Gasteiger partial charge on any atom is -0.373 e. The number of aliphatic hydroxyl groups is 1. The zero-order chi connectivity index (χ0) is 23.4. The maximum atomic E-state index is 12.4. The molecule has 33 heavy (non-hydrogen) atoms. The van der Waals surface area contributed by atoms with E-state index in [4.69, 9.17) is 5.73 Å². The summed E-state index contributed by atoms with van der Waals surface area (Å²) in [5.74, 6) is -0.646. The summed E-state index contributed by atoms with van der Waals surface area (Å²) in [6.07, 6.45) is 5.60. The Morgan fingerprint density at radius 1 is 1.15 bits per heavy atom. The van der Waals surface area contributed by atoms with Gasteiger partial charge in [0.2, 0.25) is 5.91 Å². The highest BCUT2D eigenvalue weighted by atomic mass is 16.3. The van der Waals surface area contributed by atoms with Gasteiger partial charge in [-0.15, -0.1) is 0 Å². The molecule has 2 aromatic carbocycles. The molecule has 0 spiro atoms. The minimum atomic E-state index is -0.805. The zero-order valence-electron chi connectivity index (χ0n) is 18.4. The summed E-state index contributed by atoms with van der Waals surface area (Å²) in [6.45, 7) is 1.93. The van der Waals surface area contributed by atoms with E-state index in [0.717, 1.165) is 16.5 Å². The largest absolute Gasteiger partial charge is 0.373 e. The van der Waals surface area contributed by atoms with Gasteiger partial charge in [-0.3, -0.25) is 9.59 Å². The van der Waals surface area contributed by atoms with Crippen LogP contribution >= 0.6 is 0 Å². The number of aryl methyl sites for hydroxylation is 1. The molecule has 2 atom stereocenters. The van der Waals surface area contributed by atoms with Crippen LogP contribution < -0.4 is 11.1 Å². The molecule has 4 rings (SSSR count). The number of carbonyl (C=O) groups is 2. The zero-order valence-corrected chi connectivity index (χ0v) is 18.4. The van der Waals surface area contributed by atoms with E-state index in [9.17, 15) is 14.7 Å². The fourth-order valence-electron chi connectivity index (χ4n) is 3.86. The summed E-state index contributed by atoms with van der Waals surface area (Å²) in [5, 5.41) is 14.8. The van der Waals surface area contributed by atoms with E-state index in [1.807, 2.05) is 67.7 Å². The smallest absolute Gasteiger partial charge is 0.268 e. The Hall–Kier alpha value is -3.91. The molecule has 0 radical (unpaired) electrons. The predicted octanol–water partition coefficient (Wildman–Crippen LogP) is 3.65. The van der Waals surface area contributed by atoms with Gasteiger partial charge in [-0.05, 0) is 42.5 Å². The maximum absolute atomic E-state index is 12.4. The van der Waals surface area contributed by atoms with E-state index in [-0.39, 0.29) is 17.6 Å². The third-order valence-electron chi connectivity index (χ3n) is 5.73. The number of aromatic nitrogens is 3. The van der Waals surface area contributed by atoms with E-state index in [1.54, 1.807) is 15.3 Å². The van der Waals surface area contributed by atoms with Gasteiger partial charge in [-0.2, -0.15) is 0 Å². The van der Waals surface area contributed by atoms with Crippen molar-refractivity contribution in [1.29, 1.82) is 0 Å². The van der Waals surface area contributed by atoms with Crippen LogP contribution in [0.25, 0.3) is 10.9 Å². The van der Waals surface area contributed by atoms with Crippen LogP contribution in [0.4, 0.5) is 5.69 Å². The molecular weight excluding hydrogens is 418 g/mol. The first-order valence-electron chi connectivity index (χ1n) is 10.9. The predicted molar refractivity (Wildman–Crippen MR) is 127 cm³/mol. The van der Waals surface area contributed by atoms with Crippen molar-refractivity contribution in [3.8, 4) is 0 Å². The highest BCUT2D eigenvalue weighted by Gasteiger charge is 2.17. The number of fused-ring (bicyclic) bond motifs is 1. The molecule has 0 aliphatic carbocycles. The highest BCUT2D eigenvalue weighted by molar-refractivity contribution is 5.94.